The molecule has 11 nitrogen and oxygen atoms in total. The molecule has 13 heteroatoms. The number of benzene rings is 3. The molecule has 1 unspecified atom stereocenters. The third-order valence-corrected chi connectivity index (χ3v) is 9.30. The molecular formula is C37H39FN6O5S. The predicted molar refractivity (Wildman–Crippen MR) is 191 cm³/mol. The standard InChI is InChI=1S/C37H39FN6O5S/c1-24-12-17-28-29(9-5-11-32(28)43-50(46,47)23-25-13-15-26(38)16-14-25)33(24)48-34-30(10-6-19-39-34)31-18-20-40-35(42-31)41-27-8-7-21-44(22-27)36(45)49-37(2,3)4/h5-6,9-20,27,43H,7-8,21-23H2,1-4H3,(H,40,41,42). The number of hydrogen-bond donors (Lipinski definition) is 2. The summed E-state index contributed by atoms with van der Waals surface area (Å²) in [6, 6.07) is 19.7. The van der Waals surface area contributed by atoms with Crippen LogP contribution in [0.3, 0.4) is 0 Å². The Morgan fingerprint density at radius 2 is 1.78 bits per heavy atom. The van der Waals surface area contributed by atoms with E-state index >= 15 is 0 Å². The van der Waals surface area contributed by atoms with Gasteiger partial charge in [-0.15, -0.1) is 0 Å². The summed E-state index contributed by atoms with van der Waals surface area (Å²) < 4.78 is 54.3. The monoisotopic (exact) mass is 698 g/mol. The van der Waals surface area contributed by atoms with Crippen molar-refractivity contribution >= 4 is 38.5 Å². The largest absolute Gasteiger partial charge is 0.444 e. The molecule has 2 aromatic heterocycles. The lowest BCUT2D eigenvalue weighted by Gasteiger charge is -2.34. The molecule has 1 aliphatic heterocycles. The minimum absolute atomic E-state index is 0.0585. The first-order valence-electron chi connectivity index (χ1n) is 16.3. The molecular weight excluding hydrogens is 660 g/mol. The Morgan fingerprint density at radius 1 is 0.980 bits per heavy atom. The van der Waals surface area contributed by atoms with E-state index in [-0.39, 0.29) is 17.9 Å². The summed E-state index contributed by atoms with van der Waals surface area (Å²) in [5.74, 6) is 0.487. The van der Waals surface area contributed by atoms with Gasteiger partial charge in [0.2, 0.25) is 21.9 Å². The van der Waals surface area contributed by atoms with Crippen LogP contribution in [0.2, 0.25) is 0 Å². The fourth-order valence-corrected chi connectivity index (χ4v) is 7.00. The van der Waals surface area contributed by atoms with Crippen LogP contribution < -0.4 is 14.8 Å². The molecule has 5 aromatic rings. The quantitative estimate of drug-likeness (QED) is 0.159. The number of aryl methyl sites for hydroxylation is 1. The predicted octanol–water partition coefficient (Wildman–Crippen LogP) is 7.68. The van der Waals surface area contributed by atoms with Crippen molar-refractivity contribution in [1.29, 1.82) is 0 Å². The number of rotatable bonds is 9. The number of halogens is 1. The van der Waals surface area contributed by atoms with E-state index in [1.54, 1.807) is 41.6 Å². The normalized spacial score (nSPS) is 15.1. The highest BCUT2D eigenvalue weighted by Crippen LogP contribution is 2.39. The van der Waals surface area contributed by atoms with Gasteiger partial charge in [-0.25, -0.2) is 32.6 Å². The van der Waals surface area contributed by atoms with Crippen molar-refractivity contribution < 1.29 is 27.1 Å². The molecule has 0 radical (unpaired) electrons. The van der Waals surface area contributed by atoms with Crippen molar-refractivity contribution in [1.82, 2.24) is 19.9 Å². The van der Waals surface area contributed by atoms with Gasteiger partial charge in [0.05, 0.1) is 22.7 Å². The Kier molecular flexibility index (Phi) is 9.87. The Labute approximate surface area is 290 Å². The van der Waals surface area contributed by atoms with E-state index in [9.17, 15) is 17.6 Å². The maximum Gasteiger partial charge on any atom is 0.410 e. The molecule has 0 bridgehead atoms. The number of nitrogens with zero attached hydrogens (tertiary/aromatic N) is 4. The molecule has 1 saturated heterocycles. The topological polar surface area (TPSA) is 136 Å². The van der Waals surface area contributed by atoms with Crippen LogP contribution >= 0.6 is 0 Å². The Morgan fingerprint density at radius 3 is 2.56 bits per heavy atom. The van der Waals surface area contributed by atoms with E-state index in [1.165, 1.54) is 24.3 Å². The van der Waals surface area contributed by atoms with Gasteiger partial charge in [-0.05, 0) is 88.1 Å². The SMILES string of the molecule is Cc1ccc2c(NS(=O)(=O)Cc3ccc(F)cc3)cccc2c1Oc1ncccc1-c1ccnc(NC2CCCN(C(=O)OC(C)(C)C)C2)n1. The molecule has 6 rings (SSSR count). The smallest absolute Gasteiger partial charge is 0.410 e. The number of fused-ring (bicyclic) bond motifs is 1. The number of aromatic nitrogens is 3. The Hall–Kier alpha value is -5.30. The number of carbonyl (C=O) groups excluding carboxylic acids is 1. The van der Waals surface area contributed by atoms with E-state index in [2.05, 4.69) is 20.0 Å². The lowest BCUT2D eigenvalue weighted by Crippen LogP contribution is -2.47. The summed E-state index contributed by atoms with van der Waals surface area (Å²) >= 11 is 0. The number of hydrogen-bond acceptors (Lipinski definition) is 9. The second-order valence-corrected chi connectivity index (χ2v) is 15.0. The zero-order chi connectivity index (χ0) is 35.5. The highest BCUT2D eigenvalue weighted by atomic mass is 32.2. The van der Waals surface area contributed by atoms with E-state index in [0.29, 0.717) is 63.9 Å². The number of anilines is 2. The number of sulfonamides is 1. The van der Waals surface area contributed by atoms with Gasteiger partial charge < -0.3 is 19.7 Å². The zero-order valence-corrected chi connectivity index (χ0v) is 29.1. The molecule has 0 saturated carbocycles. The fraction of sp³-hybridized carbons (Fsp3) is 0.297. The average Bonchev–Trinajstić information content (AvgIpc) is 3.07. The van der Waals surface area contributed by atoms with E-state index < -0.39 is 21.4 Å². The average molecular weight is 699 g/mol. The third-order valence-electron chi connectivity index (χ3n) is 8.05. The van der Waals surface area contributed by atoms with Crippen LogP contribution in [-0.4, -0.2) is 59.1 Å². The van der Waals surface area contributed by atoms with Gasteiger partial charge in [0, 0.05) is 42.3 Å². The molecule has 3 heterocycles. The van der Waals surface area contributed by atoms with E-state index in [1.807, 2.05) is 52.0 Å². The zero-order valence-electron chi connectivity index (χ0n) is 28.3. The number of amides is 1. The number of likely N-dealkylation sites (tertiary alicyclic amines) is 1. The molecule has 1 amide bonds. The van der Waals surface area contributed by atoms with Crippen LogP contribution in [0.15, 0.2) is 85.2 Å². The maximum absolute atomic E-state index is 13.4. The van der Waals surface area contributed by atoms with Crippen LogP contribution in [0.1, 0.15) is 44.7 Å². The number of piperidine rings is 1. The van der Waals surface area contributed by atoms with Crippen molar-refractivity contribution in [2.45, 2.75) is 57.9 Å². The number of carbonyl (C=O) groups is 1. The van der Waals surface area contributed by atoms with Gasteiger partial charge in [-0.3, -0.25) is 4.72 Å². The van der Waals surface area contributed by atoms with Gasteiger partial charge in [0.25, 0.3) is 0 Å². The number of pyridine rings is 1. The van der Waals surface area contributed by atoms with Crippen molar-refractivity contribution in [3.63, 3.8) is 0 Å². The third kappa shape index (κ3) is 8.46. The summed E-state index contributed by atoms with van der Waals surface area (Å²) in [4.78, 5) is 28.1. The van der Waals surface area contributed by atoms with Gasteiger partial charge in [-0.2, -0.15) is 0 Å². The number of ether oxygens (including phenoxy) is 2. The Bertz CT molecular complexity index is 2120. The van der Waals surface area contributed by atoms with Crippen molar-refractivity contribution in [3.8, 4) is 22.9 Å². The maximum atomic E-state index is 13.4. The lowest BCUT2D eigenvalue weighted by atomic mass is 10.0. The molecule has 3 aromatic carbocycles. The molecule has 1 atom stereocenters. The van der Waals surface area contributed by atoms with Gasteiger partial charge in [0.1, 0.15) is 17.2 Å². The molecule has 2 N–H and O–H groups in total. The van der Waals surface area contributed by atoms with Crippen molar-refractivity contribution in [3.05, 3.63) is 102 Å². The molecule has 0 aliphatic carbocycles. The molecule has 50 heavy (non-hydrogen) atoms. The minimum Gasteiger partial charge on any atom is -0.444 e. The second kappa shape index (κ2) is 14.3. The van der Waals surface area contributed by atoms with Crippen molar-refractivity contribution in [2.75, 3.05) is 23.1 Å². The van der Waals surface area contributed by atoms with Crippen molar-refractivity contribution in [2.24, 2.45) is 0 Å². The summed E-state index contributed by atoms with van der Waals surface area (Å²) in [6.07, 6.45) is 4.61. The van der Waals surface area contributed by atoms with Crippen LogP contribution in [0.5, 0.6) is 11.6 Å². The molecule has 0 spiro atoms. The first-order chi connectivity index (χ1) is 23.8. The van der Waals surface area contributed by atoms with Gasteiger partial charge in [0.15, 0.2) is 0 Å². The summed E-state index contributed by atoms with van der Waals surface area (Å²) in [5, 5.41) is 4.69. The second-order valence-electron chi connectivity index (χ2n) is 13.2. The minimum atomic E-state index is -3.82. The first-order valence-corrected chi connectivity index (χ1v) is 18.0. The highest BCUT2D eigenvalue weighted by Gasteiger charge is 2.28. The molecule has 260 valence electrons. The van der Waals surface area contributed by atoms with Crippen LogP contribution in [0.4, 0.5) is 20.8 Å². The fourth-order valence-electron chi connectivity index (χ4n) is 5.78. The Balaban J connectivity index is 1.23. The molecule has 1 aliphatic rings. The molecule has 1 fully saturated rings. The highest BCUT2D eigenvalue weighted by molar-refractivity contribution is 7.91. The summed E-state index contributed by atoms with van der Waals surface area (Å²) in [7, 11) is -3.82. The van der Waals surface area contributed by atoms with E-state index in [0.717, 1.165) is 18.4 Å². The van der Waals surface area contributed by atoms with Gasteiger partial charge >= 0.3 is 6.09 Å². The van der Waals surface area contributed by atoms with Crippen LogP contribution in [0, 0.1) is 12.7 Å². The summed E-state index contributed by atoms with van der Waals surface area (Å²) in [6.45, 7) is 8.55. The van der Waals surface area contributed by atoms with Crippen LogP contribution in [0.25, 0.3) is 22.0 Å². The van der Waals surface area contributed by atoms with Crippen LogP contribution in [-0.2, 0) is 20.5 Å². The first kappa shape index (κ1) is 34.6. The van der Waals surface area contributed by atoms with E-state index in [4.69, 9.17) is 14.5 Å². The number of nitrogens with one attached hydrogen (secondary N) is 2. The summed E-state index contributed by atoms with van der Waals surface area (Å²) in [5.41, 5.74) is 2.30. The van der Waals surface area contributed by atoms with Gasteiger partial charge in [-0.1, -0.05) is 36.4 Å². The lowest BCUT2D eigenvalue weighted by molar-refractivity contribution is 0.0206.